The molecule has 1 saturated carbocycles. The summed E-state index contributed by atoms with van der Waals surface area (Å²) < 4.78 is 1.10. The van der Waals surface area contributed by atoms with Crippen LogP contribution in [0.3, 0.4) is 0 Å². The zero-order valence-electron chi connectivity index (χ0n) is 12.0. The van der Waals surface area contributed by atoms with Crippen molar-refractivity contribution in [1.29, 1.82) is 0 Å². The number of halogens is 1. The molecule has 0 aliphatic heterocycles. The second-order valence-electron chi connectivity index (χ2n) is 5.70. The van der Waals surface area contributed by atoms with E-state index >= 15 is 0 Å². The molecule has 4 nitrogen and oxygen atoms in total. The number of guanidine groups is 1. The number of hydrogen-bond donors (Lipinski definition) is 3. The third-order valence-electron chi connectivity index (χ3n) is 4.17. The van der Waals surface area contributed by atoms with Gasteiger partial charge in [0.15, 0.2) is 5.96 Å². The van der Waals surface area contributed by atoms with Gasteiger partial charge in [0.1, 0.15) is 0 Å². The van der Waals surface area contributed by atoms with E-state index in [9.17, 15) is 0 Å². The fourth-order valence-corrected chi connectivity index (χ4v) is 3.00. The first kappa shape index (κ1) is 14.4. The molecule has 5 heteroatoms. The van der Waals surface area contributed by atoms with Gasteiger partial charge in [-0.1, -0.05) is 22.4 Å². The van der Waals surface area contributed by atoms with E-state index in [0.29, 0.717) is 5.96 Å². The van der Waals surface area contributed by atoms with Crippen LogP contribution in [-0.2, 0) is 6.42 Å². The van der Waals surface area contributed by atoms with Gasteiger partial charge in [0, 0.05) is 34.7 Å². The van der Waals surface area contributed by atoms with Crippen molar-refractivity contribution in [3.8, 4) is 0 Å². The van der Waals surface area contributed by atoms with Gasteiger partial charge in [-0.05, 0) is 48.9 Å². The number of benzene rings is 1. The minimum atomic E-state index is 0.572. The number of H-pyrrole nitrogens is 1. The summed E-state index contributed by atoms with van der Waals surface area (Å²) in [7, 11) is 0. The SMILES string of the molecule is NC(=NCC1CCC1)NCCc1c[nH]c2ccc(Br)cc12. The summed E-state index contributed by atoms with van der Waals surface area (Å²) >= 11 is 3.52. The Bertz CT molecular complexity index is 643. The quantitative estimate of drug-likeness (QED) is 0.573. The predicted molar refractivity (Wildman–Crippen MR) is 91.5 cm³/mol. The van der Waals surface area contributed by atoms with Crippen molar-refractivity contribution in [2.75, 3.05) is 13.1 Å². The third-order valence-corrected chi connectivity index (χ3v) is 4.67. The van der Waals surface area contributed by atoms with Gasteiger partial charge in [-0.25, -0.2) is 0 Å². The zero-order valence-corrected chi connectivity index (χ0v) is 13.6. The molecule has 0 unspecified atom stereocenters. The van der Waals surface area contributed by atoms with Crippen LogP contribution >= 0.6 is 15.9 Å². The van der Waals surface area contributed by atoms with Crippen LogP contribution in [0, 0.1) is 5.92 Å². The van der Waals surface area contributed by atoms with Crippen LogP contribution in [0.4, 0.5) is 0 Å². The Morgan fingerprint density at radius 1 is 1.43 bits per heavy atom. The van der Waals surface area contributed by atoms with Crippen molar-refractivity contribution >= 4 is 32.8 Å². The molecule has 2 aromatic rings. The maximum Gasteiger partial charge on any atom is 0.188 e. The molecule has 0 amide bonds. The van der Waals surface area contributed by atoms with Crippen LogP contribution in [0.1, 0.15) is 24.8 Å². The molecule has 21 heavy (non-hydrogen) atoms. The molecule has 1 fully saturated rings. The number of hydrogen-bond acceptors (Lipinski definition) is 1. The highest BCUT2D eigenvalue weighted by Crippen LogP contribution is 2.26. The topological polar surface area (TPSA) is 66.2 Å². The molecule has 1 aromatic carbocycles. The molecule has 0 radical (unpaired) electrons. The van der Waals surface area contributed by atoms with Gasteiger partial charge in [-0.3, -0.25) is 4.99 Å². The highest BCUT2D eigenvalue weighted by molar-refractivity contribution is 9.10. The van der Waals surface area contributed by atoms with Crippen molar-refractivity contribution in [3.63, 3.8) is 0 Å². The standard InChI is InChI=1S/C16H21BrN4/c17-13-4-5-15-14(8-13)12(10-20-15)6-7-19-16(18)21-9-11-2-1-3-11/h4-5,8,10-11,20H,1-3,6-7,9H2,(H3,18,19,21). The number of nitrogens with one attached hydrogen (secondary N) is 2. The van der Waals surface area contributed by atoms with Crippen molar-refractivity contribution in [1.82, 2.24) is 10.3 Å². The fraction of sp³-hybridized carbons (Fsp3) is 0.438. The van der Waals surface area contributed by atoms with E-state index in [1.54, 1.807) is 0 Å². The van der Waals surface area contributed by atoms with Gasteiger partial charge in [0.25, 0.3) is 0 Å². The first-order valence-electron chi connectivity index (χ1n) is 7.51. The molecule has 4 N–H and O–H groups in total. The summed E-state index contributed by atoms with van der Waals surface area (Å²) in [4.78, 5) is 7.71. The second-order valence-corrected chi connectivity index (χ2v) is 6.62. The van der Waals surface area contributed by atoms with Crippen LogP contribution < -0.4 is 11.1 Å². The molecule has 1 aromatic heterocycles. The lowest BCUT2D eigenvalue weighted by atomic mass is 9.86. The Kier molecular flexibility index (Phi) is 4.48. The summed E-state index contributed by atoms with van der Waals surface area (Å²) in [5, 5.41) is 4.47. The van der Waals surface area contributed by atoms with Gasteiger partial charge >= 0.3 is 0 Å². The first-order valence-corrected chi connectivity index (χ1v) is 8.31. The van der Waals surface area contributed by atoms with Crippen molar-refractivity contribution in [2.45, 2.75) is 25.7 Å². The smallest absolute Gasteiger partial charge is 0.188 e. The van der Waals surface area contributed by atoms with E-state index < -0.39 is 0 Å². The summed E-state index contributed by atoms with van der Waals surface area (Å²) in [6.07, 6.45) is 6.96. The highest BCUT2D eigenvalue weighted by Gasteiger charge is 2.16. The Labute approximate surface area is 133 Å². The fourth-order valence-electron chi connectivity index (χ4n) is 2.64. The predicted octanol–water partition coefficient (Wildman–Crippen LogP) is 3.18. The van der Waals surface area contributed by atoms with Crippen LogP contribution in [0.25, 0.3) is 10.9 Å². The number of aromatic amines is 1. The molecule has 3 rings (SSSR count). The molecule has 1 aliphatic carbocycles. The molecule has 0 spiro atoms. The lowest BCUT2D eigenvalue weighted by Crippen LogP contribution is -2.34. The van der Waals surface area contributed by atoms with Gasteiger partial charge < -0.3 is 16.0 Å². The van der Waals surface area contributed by atoms with E-state index in [1.807, 2.05) is 6.07 Å². The number of aromatic nitrogens is 1. The maximum absolute atomic E-state index is 5.90. The van der Waals surface area contributed by atoms with Crippen LogP contribution in [0.15, 0.2) is 33.9 Å². The number of aliphatic imine (C=N–C) groups is 1. The number of fused-ring (bicyclic) bond motifs is 1. The summed E-state index contributed by atoms with van der Waals surface area (Å²) in [5.41, 5.74) is 8.36. The number of nitrogens with two attached hydrogens (primary N) is 1. The van der Waals surface area contributed by atoms with Gasteiger partial charge in [-0.15, -0.1) is 0 Å². The molecular weight excluding hydrogens is 328 g/mol. The van der Waals surface area contributed by atoms with Crippen LogP contribution in [0.5, 0.6) is 0 Å². The van der Waals surface area contributed by atoms with Crippen molar-refractivity contribution in [3.05, 3.63) is 34.4 Å². The Morgan fingerprint density at radius 2 is 2.29 bits per heavy atom. The van der Waals surface area contributed by atoms with Crippen LogP contribution in [0.2, 0.25) is 0 Å². The molecule has 1 aliphatic rings. The van der Waals surface area contributed by atoms with E-state index in [0.717, 1.165) is 29.9 Å². The van der Waals surface area contributed by atoms with E-state index in [2.05, 4.69) is 49.6 Å². The molecule has 0 atom stereocenters. The third kappa shape index (κ3) is 3.59. The van der Waals surface area contributed by atoms with Gasteiger partial charge in [0.2, 0.25) is 0 Å². The maximum atomic E-state index is 5.90. The summed E-state index contributed by atoms with van der Waals surface area (Å²) in [6, 6.07) is 6.28. The van der Waals surface area contributed by atoms with Gasteiger partial charge in [-0.2, -0.15) is 0 Å². The number of nitrogens with zero attached hydrogens (tertiary/aromatic N) is 1. The Hall–Kier alpha value is -1.49. The summed E-state index contributed by atoms with van der Waals surface area (Å²) in [5.74, 6) is 1.33. The number of rotatable bonds is 5. The lowest BCUT2D eigenvalue weighted by molar-refractivity contribution is 0.326. The van der Waals surface area contributed by atoms with Crippen LogP contribution in [-0.4, -0.2) is 24.0 Å². The van der Waals surface area contributed by atoms with Crippen molar-refractivity contribution < 1.29 is 0 Å². The van der Waals surface area contributed by atoms with E-state index in [4.69, 9.17) is 5.73 Å². The minimum absolute atomic E-state index is 0.572. The average Bonchev–Trinajstić information content (AvgIpc) is 2.80. The Balaban J connectivity index is 1.52. The second kappa shape index (κ2) is 6.52. The van der Waals surface area contributed by atoms with E-state index in [1.165, 1.54) is 35.7 Å². The normalized spacial score (nSPS) is 16.1. The lowest BCUT2D eigenvalue weighted by Gasteiger charge is -2.23. The molecule has 0 saturated heterocycles. The molecular formula is C16H21BrN4. The van der Waals surface area contributed by atoms with Crippen molar-refractivity contribution in [2.24, 2.45) is 16.6 Å². The minimum Gasteiger partial charge on any atom is -0.370 e. The first-order chi connectivity index (χ1) is 10.2. The Morgan fingerprint density at radius 3 is 3.05 bits per heavy atom. The summed E-state index contributed by atoms with van der Waals surface area (Å²) in [6.45, 7) is 1.68. The highest BCUT2D eigenvalue weighted by atomic mass is 79.9. The monoisotopic (exact) mass is 348 g/mol. The zero-order chi connectivity index (χ0) is 14.7. The molecule has 1 heterocycles. The largest absolute Gasteiger partial charge is 0.370 e. The average molecular weight is 349 g/mol. The molecule has 0 bridgehead atoms. The molecule has 112 valence electrons. The van der Waals surface area contributed by atoms with E-state index in [-0.39, 0.29) is 0 Å². The van der Waals surface area contributed by atoms with Gasteiger partial charge in [0.05, 0.1) is 0 Å².